The van der Waals surface area contributed by atoms with Crippen molar-refractivity contribution in [2.24, 2.45) is 0 Å². The van der Waals surface area contributed by atoms with Crippen LogP contribution in [0.2, 0.25) is 5.02 Å². The summed E-state index contributed by atoms with van der Waals surface area (Å²) in [6.45, 7) is 1.39. The van der Waals surface area contributed by atoms with E-state index in [0.717, 1.165) is 18.9 Å². The van der Waals surface area contributed by atoms with Crippen molar-refractivity contribution in [3.8, 4) is 0 Å². The lowest BCUT2D eigenvalue weighted by Gasteiger charge is -2.10. The predicted octanol–water partition coefficient (Wildman–Crippen LogP) is 2.85. The molecule has 1 aromatic heterocycles. The Morgan fingerprint density at radius 3 is 2.84 bits per heavy atom. The van der Waals surface area contributed by atoms with Crippen molar-refractivity contribution >= 4 is 33.0 Å². The predicted molar refractivity (Wildman–Crippen MR) is 88.5 cm³/mol. The van der Waals surface area contributed by atoms with E-state index in [9.17, 15) is 17.6 Å². The van der Waals surface area contributed by atoms with E-state index < -0.39 is 32.6 Å². The molecule has 1 unspecified atom stereocenters. The number of amides is 1. The van der Waals surface area contributed by atoms with Crippen LogP contribution in [0.15, 0.2) is 22.7 Å². The quantitative estimate of drug-likeness (QED) is 0.817. The monoisotopic (exact) mass is 387 g/mol. The molecule has 0 radical (unpaired) electrons. The second kappa shape index (κ2) is 6.72. The van der Waals surface area contributed by atoms with E-state index in [1.165, 1.54) is 19.1 Å². The molecule has 3 rings (SSSR count). The van der Waals surface area contributed by atoms with Gasteiger partial charge < -0.3 is 9.84 Å². The first-order chi connectivity index (χ1) is 11.8. The molecule has 2 aromatic rings. The fourth-order valence-electron chi connectivity index (χ4n) is 2.15. The maximum atomic E-state index is 13.1. The Morgan fingerprint density at radius 2 is 2.20 bits per heavy atom. The highest BCUT2D eigenvalue weighted by Gasteiger charge is 2.34. The zero-order valence-corrected chi connectivity index (χ0v) is 14.8. The highest BCUT2D eigenvalue weighted by molar-refractivity contribution is 7.92. The summed E-state index contributed by atoms with van der Waals surface area (Å²) in [5.74, 6) is -1.47. The minimum Gasteiger partial charge on any atom is -0.338 e. The highest BCUT2D eigenvalue weighted by atomic mass is 35.5. The molecule has 1 N–H and O–H groups in total. The first kappa shape index (κ1) is 17.8. The van der Waals surface area contributed by atoms with Gasteiger partial charge in [0.15, 0.2) is 15.7 Å². The number of rotatable bonds is 6. The lowest BCUT2D eigenvalue weighted by molar-refractivity contribution is -0.113. The molecule has 0 bridgehead atoms. The fraction of sp³-hybridized carbons (Fsp3) is 0.400. The third-order valence-electron chi connectivity index (χ3n) is 3.82. The Balaban J connectivity index is 1.66. The van der Waals surface area contributed by atoms with Crippen molar-refractivity contribution in [3.05, 3.63) is 40.8 Å². The number of carbonyl (C=O) groups is 1. The van der Waals surface area contributed by atoms with Crippen molar-refractivity contribution in [1.29, 1.82) is 0 Å². The number of hydrogen-bond acceptors (Lipinski definition) is 6. The summed E-state index contributed by atoms with van der Waals surface area (Å²) in [4.78, 5) is 16.1. The Labute approximate surface area is 148 Å². The molecule has 0 saturated heterocycles. The highest BCUT2D eigenvalue weighted by Crippen LogP contribution is 2.38. The minimum absolute atomic E-state index is 0.0282. The van der Waals surface area contributed by atoms with Crippen LogP contribution in [0.4, 0.5) is 10.1 Å². The number of anilines is 1. The second-order valence-electron chi connectivity index (χ2n) is 5.89. The van der Waals surface area contributed by atoms with Crippen LogP contribution in [0.5, 0.6) is 0 Å². The van der Waals surface area contributed by atoms with Crippen molar-refractivity contribution in [2.75, 3.05) is 11.1 Å². The summed E-state index contributed by atoms with van der Waals surface area (Å²) >= 11 is 5.62. The second-order valence-corrected chi connectivity index (χ2v) is 8.62. The van der Waals surface area contributed by atoms with Crippen LogP contribution in [-0.4, -0.2) is 30.2 Å². The first-order valence-corrected chi connectivity index (χ1v) is 9.65. The topological polar surface area (TPSA) is 102 Å². The van der Waals surface area contributed by atoms with Gasteiger partial charge in [0.05, 0.1) is 5.02 Å². The van der Waals surface area contributed by atoms with Gasteiger partial charge in [-0.1, -0.05) is 16.8 Å². The maximum Gasteiger partial charge on any atom is 0.244 e. The third-order valence-corrected chi connectivity index (χ3v) is 6.06. The van der Waals surface area contributed by atoms with Crippen molar-refractivity contribution in [2.45, 2.75) is 30.9 Å². The van der Waals surface area contributed by atoms with E-state index in [0.29, 0.717) is 5.82 Å². The van der Waals surface area contributed by atoms with Crippen molar-refractivity contribution in [3.63, 3.8) is 0 Å². The molecule has 0 spiro atoms. The van der Waals surface area contributed by atoms with Gasteiger partial charge in [-0.2, -0.15) is 4.98 Å². The van der Waals surface area contributed by atoms with Gasteiger partial charge in [-0.25, -0.2) is 12.8 Å². The summed E-state index contributed by atoms with van der Waals surface area (Å²) in [5, 5.41) is 4.87. The van der Waals surface area contributed by atoms with Crippen LogP contribution in [-0.2, 0) is 14.6 Å². The number of aromatic nitrogens is 2. The SMILES string of the molecule is CC(c1nc(C2CC2)no1)S(=O)(=O)CC(=O)Nc1ccc(F)c(Cl)c1. The van der Waals surface area contributed by atoms with Crippen LogP contribution in [0, 0.1) is 5.82 Å². The smallest absolute Gasteiger partial charge is 0.244 e. The van der Waals surface area contributed by atoms with Crippen LogP contribution in [0.25, 0.3) is 0 Å². The van der Waals surface area contributed by atoms with Crippen molar-refractivity contribution in [1.82, 2.24) is 10.1 Å². The van der Waals surface area contributed by atoms with E-state index in [1.54, 1.807) is 0 Å². The van der Waals surface area contributed by atoms with Gasteiger partial charge in [0.2, 0.25) is 11.8 Å². The van der Waals surface area contributed by atoms with Crippen LogP contribution in [0.1, 0.15) is 42.6 Å². The molecule has 1 saturated carbocycles. The molecule has 1 heterocycles. The fourth-order valence-corrected chi connectivity index (χ4v) is 3.42. The van der Waals surface area contributed by atoms with Gasteiger partial charge in [0, 0.05) is 11.6 Å². The molecular formula is C15H15ClFN3O4S. The molecule has 25 heavy (non-hydrogen) atoms. The summed E-state index contributed by atoms with van der Waals surface area (Å²) in [5.41, 5.74) is 0.202. The van der Waals surface area contributed by atoms with Crippen LogP contribution in [0.3, 0.4) is 0 Å². The molecule has 1 amide bonds. The average molecular weight is 388 g/mol. The van der Waals surface area contributed by atoms with E-state index >= 15 is 0 Å². The molecule has 134 valence electrons. The van der Waals surface area contributed by atoms with Crippen LogP contribution < -0.4 is 5.32 Å². The molecule has 1 aliphatic rings. The summed E-state index contributed by atoms with van der Waals surface area (Å²) < 4.78 is 42.9. The van der Waals surface area contributed by atoms with E-state index in [1.807, 2.05) is 0 Å². The maximum absolute atomic E-state index is 13.1. The van der Waals surface area contributed by atoms with E-state index in [2.05, 4.69) is 15.5 Å². The number of nitrogens with zero attached hydrogens (tertiary/aromatic N) is 2. The summed E-state index contributed by atoms with van der Waals surface area (Å²) in [7, 11) is -3.86. The number of nitrogens with one attached hydrogen (secondary N) is 1. The van der Waals surface area contributed by atoms with Gasteiger partial charge in [0.1, 0.15) is 16.8 Å². The number of carbonyl (C=O) groups excluding carboxylic acids is 1. The van der Waals surface area contributed by atoms with Gasteiger partial charge in [-0.15, -0.1) is 0 Å². The standard InChI is InChI=1S/C15H15ClFN3O4S/c1-8(15-19-14(20-24-15)9-2-3-9)25(22,23)7-13(21)18-10-4-5-12(17)11(16)6-10/h4-6,8-9H,2-3,7H2,1H3,(H,18,21). The lowest BCUT2D eigenvalue weighted by atomic mass is 10.3. The number of sulfone groups is 1. The van der Waals surface area contributed by atoms with Gasteiger partial charge >= 0.3 is 0 Å². The Bertz CT molecular complexity index is 911. The molecular weight excluding hydrogens is 373 g/mol. The van der Waals surface area contributed by atoms with Crippen molar-refractivity contribution < 1.29 is 22.1 Å². The molecule has 0 aliphatic heterocycles. The Kier molecular flexibility index (Phi) is 4.79. The minimum atomic E-state index is -3.86. The first-order valence-electron chi connectivity index (χ1n) is 7.56. The number of hydrogen-bond donors (Lipinski definition) is 1. The normalized spacial score (nSPS) is 15.8. The lowest BCUT2D eigenvalue weighted by Crippen LogP contribution is -2.26. The average Bonchev–Trinajstić information content (AvgIpc) is 3.27. The third kappa shape index (κ3) is 4.16. The number of halogens is 2. The largest absolute Gasteiger partial charge is 0.338 e. The molecule has 1 atom stereocenters. The molecule has 7 nitrogen and oxygen atoms in total. The Morgan fingerprint density at radius 1 is 1.48 bits per heavy atom. The zero-order valence-electron chi connectivity index (χ0n) is 13.2. The summed E-state index contributed by atoms with van der Waals surface area (Å²) in [6.07, 6.45) is 1.92. The molecule has 10 heteroatoms. The van der Waals surface area contributed by atoms with Gasteiger partial charge in [0.25, 0.3) is 0 Å². The molecule has 1 fully saturated rings. The zero-order chi connectivity index (χ0) is 18.2. The van der Waals surface area contributed by atoms with E-state index in [-0.39, 0.29) is 22.5 Å². The summed E-state index contributed by atoms with van der Waals surface area (Å²) in [6, 6.07) is 3.56. The molecule has 1 aliphatic carbocycles. The number of benzene rings is 1. The Hall–Kier alpha value is -2.00. The van der Waals surface area contributed by atoms with E-state index in [4.69, 9.17) is 16.1 Å². The molecule has 1 aromatic carbocycles. The van der Waals surface area contributed by atoms with Gasteiger partial charge in [-0.05, 0) is 38.0 Å². The van der Waals surface area contributed by atoms with Crippen LogP contribution >= 0.6 is 11.6 Å². The van der Waals surface area contributed by atoms with Gasteiger partial charge in [-0.3, -0.25) is 4.79 Å².